The highest BCUT2D eigenvalue weighted by Crippen LogP contribution is 2.20. The second-order valence-electron chi connectivity index (χ2n) is 4.68. The lowest BCUT2D eigenvalue weighted by molar-refractivity contribution is 0.0725. The third-order valence-corrected chi connectivity index (χ3v) is 4.47. The van der Waals surface area contributed by atoms with Gasteiger partial charge >= 0.3 is 0 Å². The van der Waals surface area contributed by atoms with Crippen LogP contribution in [0.2, 0.25) is 0 Å². The van der Waals surface area contributed by atoms with Crippen molar-refractivity contribution in [1.29, 1.82) is 0 Å². The largest absolute Gasteiger partial charge is 0.338 e. The van der Waals surface area contributed by atoms with Crippen molar-refractivity contribution in [2.24, 2.45) is 0 Å². The summed E-state index contributed by atoms with van der Waals surface area (Å²) in [6, 6.07) is 2.40. The van der Waals surface area contributed by atoms with Gasteiger partial charge in [-0.2, -0.15) is 0 Å². The summed E-state index contributed by atoms with van der Waals surface area (Å²) < 4.78 is 0. The summed E-state index contributed by atoms with van der Waals surface area (Å²) in [6.45, 7) is 4.11. The van der Waals surface area contributed by atoms with Crippen molar-refractivity contribution in [3.8, 4) is 0 Å². The molecule has 0 aromatic carbocycles. The van der Waals surface area contributed by atoms with Gasteiger partial charge in [-0.05, 0) is 56.3 Å². The molecule has 1 aromatic heterocycles. The summed E-state index contributed by atoms with van der Waals surface area (Å²) in [4.78, 5) is 15.2. The van der Waals surface area contributed by atoms with Crippen molar-refractivity contribution < 1.29 is 4.79 Å². The first-order chi connectivity index (χ1) is 8.20. The van der Waals surface area contributed by atoms with Crippen molar-refractivity contribution in [3.05, 3.63) is 21.9 Å². The van der Waals surface area contributed by atoms with Crippen LogP contribution in [0.1, 0.15) is 34.5 Å². The summed E-state index contributed by atoms with van der Waals surface area (Å²) in [5.41, 5.74) is 1.10. The molecule has 1 fully saturated rings. The molecule has 17 heavy (non-hydrogen) atoms. The van der Waals surface area contributed by atoms with Crippen molar-refractivity contribution in [1.82, 2.24) is 10.2 Å². The summed E-state index contributed by atoms with van der Waals surface area (Å²) in [7, 11) is 1.94. The third kappa shape index (κ3) is 2.87. The van der Waals surface area contributed by atoms with Crippen LogP contribution < -0.4 is 5.32 Å². The zero-order valence-corrected chi connectivity index (χ0v) is 11.3. The molecule has 1 saturated heterocycles. The summed E-state index contributed by atoms with van der Waals surface area (Å²) in [5, 5.41) is 5.37. The van der Waals surface area contributed by atoms with E-state index in [0.29, 0.717) is 6.04 Å². The highest BCUT2D eigenvalue weighted by molar-refractivity contribution is 7.12. The van der Waals surface area contributed by atoms with Gasteiger partial charge in [0.25, 0.3) is 5.91 Å². The van der Waals surface area contributed by atoms with E-state index in [1.807, 2.05) is 30.3 Å². The van der Waals surface area contributed by atoms with Gasteiger partial charge in [0.15, 0.2) is 0 Å². The number of nitrogens with one attached hydrogen (secondary N) is 1. The van der Waals surface area contributed by atoms with E-state index in [-0.39, 0.29) is 5.91 Å². The minimum absolute atomic E-state index is 0.185. The molecule has 1 amide bonds. The number of rotatable bonds is 2. The van der Waals surface area contributed by atoms with Gasteiger partial charge in [-0.3, -0.25) is 4.79 Å². The Bertz CT molecular complexity index is 381. The molecule has 0 radical (unpaired) electrons. The Morgan fingerprint density at radius 3 is 3.00 bits per heavy atom. The van der Waals surface area contributed by atoms with Crippen LogP contribution in [-0.4, -0.2) is 37.0 Å². The lowest BCUT2D eigenvalue weighted by Crippen LogP contribution is -2.37. The second-order valence-corrected chi connectivity index (χ2v) is 5.60. The molecule has 0 aliphatic carbocycles. The van der Waals surface area contributed by atoms with Crippen molar-refractivity contribution in [2.75, 3.05) is 20.1 Å². The maximum Gasteiger partial charge on any atom is 0.264 e. The Hall–Kier alpha value is -0.870. The van der Waals surface area contributed by atoms with E-state index in [0.717, 1.165) is 42.8 Å². The number of nitrogens with zero attached hydrogens (tertiary/aromatic N) is 1. The minimum atomic E-state index is 0.185. The molecule has 1 N–H and O–H groups in total. The molecule has 1 aliphatic rings. The van der Waals surface area contributed by atoms with Gasteiger partial charge in [-0.15, -0.1) is 11.3 Å². The molecule has 2 rings (SSSR count). The first-order valence-electron chi connectivity index (χ1n) is 6.22. The fourth-order valence-electron chi connectivity index (χ4n) is 2.31. The van der Waals surface area contributed by atoms with E-state index in [9.17, 15) is 4.79 Å². The van der Waals surface area contributed by atoms with E-state index < -0.39 is 0 Å². The van der Waals surface area contributed by atoms with Crippen LogP contribution in [0, 0.1) is 6.92 Å². The fourth-order valence-corrected chi connectivity index (χ4v) is 3.21. The molecule has 2 heterocycles. The molecule has 1 aromatic rings. The Labute approximate surface area is 107 Å². The average Bonchev–Trinajstić information content (AvgIpc) is 2.60. The average molecular weight is 252 g/mol. The Morgan fingerprint density at radius 2 is 2.29 bits per heavy atom. The van der Waals surface area contributed by atoms with Gasteiger partial charge in [0.1, 0.15) is 0 Å². The molecule has 1 atom stereocenters. The van der Waals surface area contributed by atoms with Gasteiger partial charge in [0.05, 0.1) is 4.88 Å². The maximum atomic E-state index is 12.4. The van der Waals surface area contributed by atoms with Crippen LogP contribution in [0.4, 0.5) is 0 Å². The molecule has 0 saturated carbocycles. The third-order valence-electron chi connectivity index (χ3n) is 3.47. The van der Waals surface area contributed by atoms with Gasteiger partial charge in [-0.1, -0.05) is 0 Å². The van der Waals surface area contributed by atoms with E-state index in [2.05, 4.69) is 5.32 Å². The molecule has 3 nitrogen and oxygen atoms in total. The van der Waals surface area contributed by atoms with Crippen molar-refractivity contribution in [3.63, 3.8) is 0 Å². The van der Waals surface area contributed by atoms with Gasteiger partial charge < -0.3 is 10.2 Å². The summed E-state index contributed by atoms with van der Waals surface area (Å²) in [5.74, 6) is 0.185. The number of hydrogen-bond donors (Lipinski definition) is 1. The molecule has 0 spiro atoms. The Kier molecular flexibility index (Phi) is 4.18. The number of carbonyl (C=O) groups excluding carboxylic acids is 1. The molecule has 1 unspecified atom stereocenters. The van der Waals surface area contributed by atoms with Gasteiger partial charge in [0.2, 0.25) is 0 Å². The van der Waals surface area contributed by atoms with Crippen LogP contribution in [0.15, 0.2) is 11.4 Å². The van der Waals surface area contributed by atoms with E-state index in [4.69, 9.17) is 0 Å². The quantitative estimate of drug-likeness (QED) is 0.875. The monoisotopic (exact) mass is 252 g/mol. The minimum Gasteiger partial charge on any atom is -0.338 e. The second kappa shape index (κ2) is 5.65. The zero-order chi connectivity index (χ0) is 12.3. The molecule has 4 heteroatoms. The van der Waals surface area contributed by atoms with Crippen LogP contribution in [0.25, 0.3) is 0 Å². The first-order valence-corrected chi connectivity index (χ1v) is 7.10. The normalized spacial score (nSPS) is 20.9. The highest BCUT2D eigenvalue weighted by Gasteiger charge is 2.23. The van der Waals surface area contributed by atoms with Crippen molar-refractivity contribution >= 4 is 17.2 Å². The number of aryl methyl sites for hydroxylation is 1. The topological polar surface area (TPSA) is 32.3 Å². The number of amides is 1. The van der Waals surface area contributed by atoms with Crippen LogP contribution in [0.5, 0.6) is 0 Å². The lowest BCUT2D eigenvalue weighted by Gasteiger charge is -2.26. The van der Waals surface area contributed by atoms with Crippen LogP contribution in [0.3, 0.4) is 0 Å². The van der Waals surface area contributed by atoms with Crippen LogP contribution >= 0.6 is 11.3 Å². The van der Waals surface area contributed by atoms with E-state index in [1.165, 1.54) is 0 Å². The zero-order valence-electron chi connectivity index (χ0n) is 10.5. The SMILES string of the molecule is Cc1ccsc1C(=O)N(C)C1CCCNCC1. The molecule has 0 bridgehead atoms. The van der Waals surface area contributed by atoms with E-state index in [1.54, 1.807) is 11.3 Å². The van der Waals surface area contributed by atoms with Crippen LogP contribution in [-0.2, 0) is 0 Å². The van der Waals surface area contributed by atoms with Gasteiger partial charge in [0, 0.05) is 13.1 Å². The highest BCUT2D eigenvalue weighted by atomic mass is 32.1. The predicted molar refractivity (Wildman–Crippen MR) is 71.7 cm³/mol. The van der Waals surface area contributed by atoms with Crippen molar-refractivity contribution in [2.45, 2.75) is 32.2 Å². The first kappa shape index (κ1) is 12.6. The summed E-state index contributed by atoms with van der Waals surface area (Å²) >= 11 is 1.55. The molecular formula is C13H20N2OS. The Balaban J connectivity index is 2.06. The molecule has 1 aliphatic heterocycles. The van der Waals surface area contributed by atoms with E-state index >= 15 is 0 Å². The number of carbonyl (C=O) groups is 1. The maximum absolute atomic E-state index is 12.4. The standard InChI is InChI=1S/C13H20N2OS/c1-10-6-9-17-12(10)13(16)15(2)11-4-3-7-14-8-5-11/h6,9,11,14H,3-5,7-8H2,1-2H3. The molecular weight excluding hydrogens is 232 g/mol. The van der Waals surface area contributed by atoms with Gasteiger partial charge in [-0.25, -0.2) is 0 Å². The number of thiophene rings is 1. The summed E-state index contributed by atoms with van der Waals surface area (Å²) in [6.07, 6.45) is 3.33. The smallest absolute Gasteiger partial charge is 0.264 e. The predicted octanol–water partition coefficient (Wildman–Crippen LogP) is 2.27. The Morgan fingerprint density at radius 1 is 1.47 bits per heavy atom. The number of hydrogen-bond acceptors (Lipinski definition) is 3. The fraction of sp³-hybridized carbons (Fsp3) is 0.615. The lowest BCUT2D eigenvalue weighted by atomic mass is 10.1. The molecule has 94 valence electrons.